The number of halogens is 1. The van der Waals surface area contributed by atoms with Crippen LogP contribution in [0.15, 0.2) is 48.5 Å². The zero-order valence-electron chi connectivity index (χ0n) is 17.9. The van der Waals surface area contributed by atoms with Gasteiger partial charge in [-0.05, 0) is 56.0 Å². The van der Waals surface area contributed by atoms with Crippen LogP contribution in [0.1, 0.15) is 49.8 Å². The Morgan fingerprint density at radius 1 is 1.13 bits per heavy atom. The molecule has 2 aromatic carbocycles. The maximum atomic E-state index is 13.4. The highest BCUT2D eigenvalue weighted by Gasteiger charge is 2.35. The van der Waals surface area contributed by atoms with E-state index in [2.05, 4.69) is 0 Å². The molecule has 2 N–H and O–H groups in total. The van der Waals surface area contributed by atoms with Crippen LogP contribution in [-0.2, 0) is 22.6 Å². The first-order valence-electron chi connectivity index (χ1n) is 10.4. The molecule has 162 valence electrons. The van der Waals surface area contributed by atoms with Crippen LogP contribution in [0, 0.1) is 5.82 Å². The number of piperidine rings is 1. The Bertz CT molecular complexity index is 848. The summed E-state index contributed by atoms with van der Waals surface area (Å²) in [6.45, 7) is 7.39. The van der Waals surface area contributed by atoms with Gasteiger partial charge in [0.05, 0.1) is 19.3 Å². The molecule has 0 radical (unpaired) electrons. The van der Waals surface area contributed by atoms with Crippen molar-refractivity contribution < 1.29 is 18.7 Å². The molecule has 1 amide bonds. The molecule has 2 aromatic rings. The molecule has 0 aliphatic carbocycles. The third-order valence-electron chi connectivity index (χ3n) is 5.30. The molecule has 1 saturated heterocycles. The van der Waals surface area contributed by atoms with Gasteiger partial charge >= 0.3 is 6.09 Å². The van der Waals surface area contributed by atoms with E-state index < -0.39 is 5.60 Å². The van der Waals surface area contributed by atoms with Crippen molar-refractivity contribution in [3.8, 4) is 0 Å². The van der Waals surface area contributed by atoms with Crippen molar-refractivity contribution in [2.24, 2.45) is 5.73 Å². The molecule has 6 heteroatoms. The van der Waals surface area contributed by atoms with Crippen molar-refractivity contribution in [3.05, 3.63) is 71.0 Å². The Labute approximate surface area is 178 Å². The summed E-state index contributed by atoms with van der Waals surface area (Å²) in [6, 6.07) is 14.4. The average Bonchev–Trinajstić information content (AvgIpc) is 2.71. The van der Waals surface area contributed by atoms with E-state index in [4.69, 9.17) is 15.2 Å². The number of hydrogen-bond acceptors (Lipinski definition) is 4. The molecule has 1 aliphatic heterocycles. The first-order valence-corrected chi connectivity index (χ1v) is 10.4. The molecule has 0 spiro atoms. The third kappa shape index (κ3) is 5.80. The number of carbonyl (C=O) groups is 1. The van der Waals surface area contributed by atoms with Crippen molar-refractivity contribution in [2.75, 3.05) is 13.1 Å². The lowest BCUT2D eigenvalue weighted by Crippen LogP contribution is -2.48. The second-order valence-electron chi connectivity index (χ2n) is 8.70. The van der Waals surface area contributed by atoms with Gasteiger partial charge in [0.25, 0.3) is 0 Å². The van der Waals surface area contributed by atoms with Crippen LogP contribution < -0.4 is 5.73 Å². The summed E-state index contributed by atoms with van der Waals surface area (Å²) < 4.78 is 25.3. The minimum absolute atomic E-state index is 0.0642. The summed E-state index contributed by atoms with van der Waals surface area (Å²) in [6.07, 6.45) is 0.146. The van der Waals surface area contributed by atoms with Crippen molar-refractivity contribution in [1.29, 1.82) is 0 Å². The summed E-state index contributed by atoms with van der Waals surface area (Å²) in [5.41, 5.74) is 8.38. The fraction of sp³-hybridized carbons (Fsp3) is 0.458. The van der Waals surface area contributed by atoms with Gasteiger partial charge in [0.15, 0.2) is 0 Å². The van der Waals surface area contributed by atoms with Crippen LogP contribution in [0.2, 0.25) is 0 Å². The van der Waals surface area contributed by atoms with E-state index in [9.17, 15) is 9.18 Å². The van der Waals surface area contributed by atoms with Gasteiger partial charge < -0.3 is 20.1 Å². The van der Waals surface area contributed by atoms with Crippen molar-refractivity contribution in [3.63, 3.8) is 0 Å². The van der Waals surface area contributed by atoms with E-state index in [0.29, 0.717) is 32.7 Å². The minimum Gasteiger partial charge on any atom is -0.444 e. The number of hydrogen-bond donors (Lipinski definition) is 1. The zero-order valence-corrected chi connectivity index (χ0v) is 17.9. The number of nitrogens with zero attached hydrogens (tertiary/aromatic N) is 1. The summed E-state index contributed by atoms with van der Waals surface area (Å²) in [5.74, 6) is -0.200. The Balaban J connectivity index is 1.77. The van der Waals surface area contributed by atoms with Crippen LogP contribution in [0.3, 0.4) is 0 Å². The lowest BCUT2D eigenvalue weighted by molar-refractivity contribution is -0.0361. The Kier molecular flexibility index (Phi) is 7.10. The molecule has 5 nitrogen and oxygen atoms in total. The zero-order chi connectivity index (χ0) is 21.7. The molecule has 2 atom stereocenters. The lowest BCUT2D eigenvalue weighted by atomic mass is 9.87. The number of amides is 1. The predicted molar refractivity (Wildman–Crippen MR) is 114 cm³/mol. The highest BCUT2D eigenvalue weighted by atomic mass is 19.1. The van der Waals surface area contributed by atoms with Gasteiger partial charge in [-0.1, -0.05) is 36.4 Å². The Morgan fingerprint density at radius 2 is 1.80 bits per heavy atom. The highest BCUT2D eigenvalue weighted by Crippen LogP contribution is 2.32. The maximum Gasteiger partial charge on any atom is 0.410 e. The predicted octanol–water partition coefficient (Wildman–Crippen LogP) is 4.59. The number of likely N-dealkylation sites (tertiary alicyclic amines) is 1. The number of nitrogens with two attached hydrogens (primary N) is 1. The Hall–Kier alpha value is -2.44. The second-order valence-corrected chi connectivity index (χ2v) is 8.70. The maximum absolute atomic E-state index is 13.4. The van der Waals surface area contributed by atoms with Gasteiger partial charge in [-0.2, -0.15) is 0 Å². The SMILES string of the molecule is CC(C)(C)OC(=O)N1CCC(c2ccc(F)cc2)C(OCc2ccccc2CN)C1. The van der Waals surface area contributed by atoms with Gasteiger partial charge in [-0.25, -0.2) is 9.18 Å². The topological polar surface area (TPSA) is 64.8 Å². The Morgan fingerprint density at radius 3 is 2.43 bits per heavy atom. The molecular formula is C24H31FN2O3. The molecule has 0 aromatic heterocycles. The molecular weight excluding hydrogens is 383 g/mol. The van der Waals surface area contributed by atoms with Crippen LogP contribution in [0.25, 0.3) is 0 Å². The monoisotopic (exact) mass is 414 g/mol. The van der Waals surface area contributed by atoms with Crippen molar-refractivity contribution in [2.45, 2.75) is 58.0 Å². The molecule has 1 aliphatic rings. The van der Waals surface area contributed by atoms with Crippen LogP contribution >= 0.6 is 0 Å². The smallest absolute Gasteiger partial charge is 0.410 e. The minimum atomic E-state index is -0.554. The number of ether oxygens (including phenoxy) is 2. The first kappa shape index (κ1) is 22.2. The third-order valence-corrected chi connectivity index (χ3v) is 5.30. The van der Waals surface area contributed by atoms with Crippen LogP contribution in [-0.4, -0.2) is 35.8 Å². The summed E-state index contributed by atoms with van der Waals surface area (Å²) in [4.78, 5) is 14.3. The standard InChI is InChI=1S/C24H31FN2O3/c1-24(2,3)30-23(28)27-13-12-21(17-8-10-20(25)11-9-17)22(15-27)29-16-19-7-5-4-6-18(19)14-26/h4-11,21-22H,12-16,26H2,1-3H3. The van der Waals surface area contributed by atoms with Gasteiger partial charge in [0, 0.05) is 19.0 Å². The van der Waals surface area contributed by atoms with Crippen molar-refractivity contribution in [1.82, 2.24) is 4.90 Å². The van der Waals surface area contributed by atoms with E-state index in [1.807, 2.05) is 45.0 Å². The van der Waals surface area contributed by atoms with Crippen molar-refractivity contribution >= 4 is 6.09 Å². The molecule has 30 heavy (non-hydrogen) atoms. The van der Waals surface area contributed by atoms with Crippen LogP contribution in [0.5, 0.6) is 0 Å². The second kappa shape index (κ2) is 9.58. The first-order chi connectivity index (χ1) is 14.3. The van der Waals surface area contributed by atoms with E-state index in [0.717, 1.165) is 16.7 Å². The number of rotatable bonds is 5. The molecule has 0 saturated carbocycles. The highest BCUT2D eigenvalue weighted by molar-refractivity contribution is 5.68. The lowest BCUT2D eigenvalue weighted by Gasteiger charge is -2.39. The van der Waals surface area contributed by atoms with Crippen LogP contribution in [0.4, 0.5) is 9.18 Å². The number of carbonyl (C=O) groups excluding carboxylic acids is 1. The summed E-state index contributed by atoms with van der Waals surface area (Å²) in [5, 5.41) is 0. The fourth-order valence-electron chi connectivity index (χ4n) is 3.76. The van der Waals surface area contributed by atoms with Gasteiger partial charge in [-0.15, -0.1) is 0 Å². The molecule has 0 bridgehead atoms. The van der Waals surface area contributed by atoms with E-state index in [1.165, 1.54) is 12.1 Å². The van der Waals surface area contributed by atoms with Gasteiger partial charge in [0.1, 0.15) is 11.4 Å². The van der Waals surface area contributed by atoms with E-state index in [-0.39, 0.29) is 23.9 Å². The van der Waals surface area contributed by atoms with E-state index in [1.54, 1.807) is 17.0 Å². The molecule has 2 unspecified atom stereocenters. The van der Waals surface area contributed by atoms with Gasteiger partial charge in [-0.3, -0.25) is 0 Å². The molecule has 1 fully saturated rings. The average molecular weight is 415 g/mol. The molecule has 3 rings (SSSR count). The molecule has 1 heterocycles. The largest absolute Gasteiger partial charge is 0.444 e. The number of benzene rings is 2. The van der Waals surface area contributed by atoms with E-state index >= 15 is 0 Å². The quantitative estimate of drug-likeness (QED) is 0.777. The van der Waals surface area contributed by atoms with Gasteiger partial charge in [0.2, 0.25) is 0 Å². The summed E-state index contributed by atoms with van der Waals surface area (Å²) >= 11 is 0. The fourth-order valence-corrected chi connectivity index (χ4v) is 3.76. The summed E-state index contributed by atoms with van der Waals surface area (Å²) in [7, 11) is 0. The normalized spacial score (nSPS) is 19.6.